The fourth-order valence-electron chi connectivity index (χ4n) is 2.80. The average molecular weight is 340 g/mol. The zero-order valence-electron chi connectivity index (χ0n) is 15.6. The first-order chi connectivity index (χ1) is 10.7. The first-order valence-corrected chi connectivity index (χ1v) is 7.98. The largest absolute Gasteiger partial charge is 0.457 e. The lowest BCUT2D eigenvalue weighted by Crippen LogP contribution is -2.40. The van der Waals surface area contributed by atoms with E-state index in [1.54, 1.807) is 48.5 Å². The van der Waals surface area contributed by atoms with Gasteiger partial charge < -0.3 is 14.2 Å². The van der Waals surface area contributed by atoms with Gasteiger partial charge >= 0.3 is 17.9 Å². The monoisotopic (exact) mass is 340 g/mol. The van der Waals surface area contributed by atoms with Crippen LogP contribution in [0, 0.1) is 5.41 Å². The number of cyclic esters (lactones) is 1. The quantitative estimate of drug-likeness (QED) is 0.420. The van der Waals surface area contributed by atoms with Gasteiger partial charge in [-0.25, -0.2) is 9.59 Å². The molecule has 136 valence electrons. The zero-order chi connectivity index (χ0) is 18.9. The number of hydrogen-bond acceptors (Lipinski definition) is 6. The third-order valence-corrected chi connectivity index (χ3v) is 3.70. The second-order valence-corrected chi connectivity index (χ2v) is 8.27. The fraction of sp³-hybridized carbons (Fsp3) is 0.722. The first-order valence-electron chi connectivity index (χ1n) is 7.98. The molecule has 0 spiro atoms. The molecule has 1 atom stereocenters. The van der Waals surface area contributed by atoms with Crippen molar-refractivity contribution in [3.63, 3.8) is 0 Å². The van der Waals surface area contributed by atoms with E-state index in [0.717, 1.165) is 0 Å². The van der Waals surface area contributed by atoms with Crippen LogP contribution in [0.15, 0.2) is 12.2 Å². The molecule has 1 heterocycles. The Kier molecular flexibility index (Phi) is 5.53. The summed E-state index contributed by atoms with van der Waals surface area (Å²) in [6.45, 7) is 15.5. The molecule has 1 saturated heterocycles. The Balaban J connectivity index is 2.73. The van der Waals surface area contributed by atoms with Crippen molar-refractivity contribution in [2.75, 3.05) is 0 Å². The van der Waals surface area contributed by atoms with Crippen molar-refractivity contribution in [2.45, 2.75) is 78.6 Å². The second kappa shape index (κ2) is 6.57. The molecule has 1 rings (SSSR count). The summed E-state index contributed by atoms with van der Waals surface area (Å²) in [5, 5.41) is 0. The van der Waals surface area contributed by atoms with Crippen LogP contribution in [0.4, 0.5) is 0 Å². The predicted molar refractivity (Wildman–Crippen MR) is 88.1 cm³/mol. The Hall–Kier alpha value is -1.85. The summed E-state index contributed by atoms with van der Waals surface area (Å²) in [5.41, 5.74) is -2.16. The van der Waals surface area contributed by atoms with Crippen molar-refractivity contribution in [3.05, 3.63) is 12.2 Å². The van der Waals surface area contributed by atoms with Gasteiger partial charge in [0.2, 0.25) is 6.10 Å². The third kappa shape index (κ3) is 5.35. The van der Waals surface area contributed by atoms with Gasteiger partial charge in [0.1, 0.15) is 11.2 Å². The van der Waals surface area contributed by atoms with Crippen LogP contribution in [-0.2, 0) is 28.6 Å². The van der Waals surface area contributed by atoms with Gasteiger partial charge in [0.05, 0.1) is 5.41 Å². The van der Waals surface area contributed by atoms with Crippen LogP contribution in [0.5, 0.6) is 0 Å². The third-order valence-electron chi connectivity index (χ3n) is 3.70. The number of carbonyl (C=O) groups is 3. The summed E-state index contributed by atoms with van der Waals surface area (Å²) in [5.74, 6) is -1.57. The minimum absolute atomic E-state index is 0.239. The van der Waals surface area contributed by atoms with Gasteiger partial charge in [0, 0.05) is 18.4 Å². The Labute approximate surface area is 143 Å². The molecule has 0 radical (unpaired) electrons. The van der Waals surface area contributed by atoms with Crippen molar-refractivity contribution in [3.8, 4) is 0 Å². The lowest BCUT2D eigenvalue weighted by atomic mass is 9.81. The summed E-state index contributed by atoms with van der Waals surface area (Å²) in [4.78, 5) is 36.0. The van der Waals surface area contributed by atoms with Crippen LogP contribution in [0.3, 0.4) is 0 Å². The van der Waals surface area contributed by atoms with Crippen LogP contribution < -0.4 is 0 Å². The number of esters is 3. The standard InChI is InChI=1S/C18H28O6/c1-11(2)13(19)23-18(7,8)10-16(3,4)15(21)22-12-9-17(5,6)24-14(12)20/h12H,1,9-10H2,2-8H3. The Morgan fingerprint density at radius 2 is 1.83 bits per heavy atom. The van der Waals surface area contributed by atoms with Crippen LogP contribution >= 0.6 is 0 Å². The van der Waals surface area contributed by atoms with Gasteiger partial charge in [-0.3, -0.25) is 4.79 Å². The van der Waals surface area contributed by atoms with Gasteiger partial charge in [0.15, 0.2) is 0 Å². The molecule has 0 N–H and O–H groups in total. The highest BCUT2D eigenvalue weighted by Gasteiger charge is 2.45. The van der Waals surface area contributed by atoms with Crippen molar-refractivity contribution >= 4 is 17.9 Å². The molecule has 6 nitrogen and oxygen atoms in total. The van der Waals surface area contributed by atoms with Gasteiger partial charge in [-0.15, -0.1) is 0 Å². The first kappa shape index (κ1) is 20.2. The molecule has 1 unspecified atom stereocenters. The van der Waals surface area contributed by atoms with Crippen molar-refractivity contribution in [2.24, 2.45) is 5.41 Å². The molecule has 0 aliphatic carbocycles. The Morgan fingerprint density at radius 3 is 2.25 bits per heavy atom. The highest BCUT2D eigenvalue weighted by Crippen LogP contribution is 2.34. The number of rotatable bonds is 6. The molecule has 1 aliphatic heterocycles. The molecule has 0 amide bonds. The molecular weight excluding hydrogens is 312 g/mol. The van der Waals surface area contributed by atoms with E-state index in [2.05, 4.69) is 6.58 Å². The van der Waals surface area contributed by atoms with E-state index in [9.17, 15) is 14.4 Å². The molecule has 1 fully saturated rings. The van der Waals surface area contributed by atoms with Gasteiger partial charge in [-0.1, -0.05) is 6.58 Å². The molecule has 6 heteroatoms. The van der Waals surface area contributed by atoms with E-state index in [4.69, 9.17) is 14.2 Å². The maximum atomic E-state index is 12.5. The van der Waals surface area contributed by atoms with E-state index in [-0.39, 0.29) is 6.42 Å². The van der Waals surface area contributed by atoms with Crippen molar-refractivity contribution in [1.82, 2.24) is 0 Å². The highest BCUT2D eigenvalue weighted by molar-refractivity contribution is 5.87. The van der Waals surface area contributed by atoms with Gasteiger partial charge in [-0.2, -0.15) is 0 Å². The summed E-state index contributed by atoms with van der Waals surface area (Å²) in [6, 6.07) is 0. The van der Waals surface area contributed by atoms with Gasteiger partial charge in [-0.05, 0) is 48.5 Å². The van der Waals surface area contributed by atoms with Crippen molar-refractivity contribution in [1.29, 1.82) is 0 Å². The maximum Gasteiger partial charge on any atom is 0.348 e. The normalized spacial score (nSPS) is 20.3. The van der Waals surface area contributed by atoms with Crippen LogP contribution in [0.25, 0.3) is 0 Å². The highest BCUT2D eigenvalue weighted by atomic mass is 16.6. The smallest absolute Gasteiger partial charge is 0.348 e. The lowest BCUT2D eigenvalue weighted by molar-refractivity contribution is -0.172. The topological polar surface area (TPSA) is 78.9 Å². The number of ether oxygens (including phenoxy) is 3. The SMILES string of the molecule is C=C(C)C(=O)OC(C)(C)CC(C)(C)C(=O)OC1CC(C)(C)OC1=O. The van der Waals surface area contributed by atoms with E-state index >= 15 is 0 Å². The molecular formula is C18H28O6. The summed E-state index contributed by atoms with van der Waals surface area (Å²) in [7, 11) is 0. The molecule has 0 aromatic rings. The van der Waals surface area contributed by atoms with Crippen LogP contribution in [-0.4, -0.2) is 35.2 Å². The van der Waals surface area contributed by atoms with Crippen LogP contribution in [0.2, 0.25) is 0 Å². The maximum absolute atomic E-state index is 12.5. The summed E-state index contributed by atoms with van der Waals surface area (Å²) >= 11 is 0. The zero-order valence-corrected chi connectivity index (χ0v) is 15.6. The number of carbonyl (C=O) groups excluding carboxylic acids is 3. The summed E-state index contributed by atoms with van der Waals surface area (Å²) < 4.78 is 15.9. The van der Waals surface area contributed by atoms with Crippen molar-refractivity contribution < 1.29 is 28.6 Å². The van der Waals surface area contributed by atoms with Crippen LogP contribution in [0.1, 0.15) is 61.3 Å². The second-order valence-electron chi connectivity index (χ2n) is 8.27. The minimum atomic E-state index is -0.939. The van der Waals surface area contributed by atoms with E-state index < -0.39 is 40.6 Å². The predicted octanol–water partition coefficient (Wildman–Crippen LogP) is 2.94. The Bertz CT molecular complexity index is 556. The molecule has 1 aliphatic rings. The summed E-state index contributed by atoms with van der Waals surface area (Å²) in [6.07, 6.45) is -0.335. The molecule has 0 aromatic carbocycles. The van der Waals surface area contributed by atoms with E-state index in [1.807, 2.05) is 0 Å². The van der Waals surface area contributed by atoms with E-state index in [1.165, 1.54) is 0 Å². The Morgan fingerprint density at radius 1 is 1.29 bits per heavy atom. The molecule has 0 saturated carbocycles. The fourth-order valence-corrected chi connectivity index (χ4v) is 2.80. The van der Waals surface area contributed by atoms with E-state index in [0.29, 0.717) is 12.0 Å². The number of hydrogen-bond donors (Lipinski definition) is 0. The molecule has 0 aromatic heterocycles. The molecule has 24 heavy (non-hydrogen) atoms. The average Bonchev–Trinajstić information content (AvgIpc) is 2.59. The lowest BCUT2D eigenvalue weighted by Gasteiger charge is -2.33. The minimum Gasteiger partial charge on any atom is -0.457 e. The van der Waals surface area contributed by atoms with Gasteiger partial charge in [0.25, 0.3) is 0 Å². The molecule has 0 bridgehead atoms.